The second kappa shape index (κ2) is 14.0. The minimum absolute atomic E-state index is 0.635. The van der Waals surface area contributed by atoms with E-state index in [9.17, 15) is 0 Å². The summed E-state index contributed by atoms with van der Waals surface area (Å²) >= 11 is 17.9. The molecule has 12 heteroatoms. The van der Waals surface area contributed by atoms with Gasteiger partial charge in [-0.15, -0.1) is 47.0 Å². The molecule has 2 aromatic rings. The fraction of sp³-hybridized carbons (Fsp3) is 0.571. The van der Waals surface area contributed by atoms with Crippen molar-refractivity contribution in [1.82, 2.24) is 0 Å². The first-order valence-electron chi connectivity index (χ1n) is 7.42. The van der Waals surface area contributed by atoms with E-state index in [4.69, 9.17) is 33.9 Å². The van der Waals surface area contributed by atoms with E-state index in [2.05, 4.69) is 12.5 Å². The molecule has 26 heavy (non-hydrogen) atoms. The molecule has 0 fully saturated rings. The summed E-state index contributed by atoms with van der Waals surface area (Å²) in [5.74, 6) is 1.85. The van der Waals surface area contributed by atoms with Crippen molar-refractivity contribution >= 4 is 113 Å². The Morgan fingerprint density at radius 3 is 1.50 bits per heavy atom. The van der Waals surface area contributed by atoms with E-state index in [1.165, 1.54) is 18.2 Å². The van der Waals surface area contributed by atoms with Crippen LogP contribution < -0.4 is 0 Å². The lowest BCUT2D eigenvalue weighted by Gasteiger charge is -2.06. The SMILES string of the molecule is CSc1ssc(=S)c1SCCOCCOCCSc1c(SC)ssc1=S. The Hall–Kier alpha value is 1.86. The lowest BCUT2D eigenvalue weighted by Crippen LogP contribution is -2.08. The molecular formula is C14H18O2S10. The van der Waals surface area contributed by atoms with Crippen molar-refractivity contribution in [2.75, 3.05) is 50.4 Å². The highest BCUT2D eigenvalue weighted by Gasteiger charge is 2.09. The third kappa shape index (κ3) is 7.94. The van der Waals surface area contributed by atoms with Crippen molar-refractivity contribution in [1.29, 1.82) is 0 Å². The summed E-state index contributed by atoms with van der Waals surface area (Å²) in [7, 11) is 6.90. The minimum atomic E-state index is 0.635. The fourth-order valence-electron chi connectivity index (χ4n) is 1.69. The largest absolute Gasteiger partial charge is 0.378 e. The van der Waals surface area contributed by atoms with Crippen LogP contribution in [0.2, 0.25) is 0 Å². The molecule has 0 aromatic carbocycles. The molecule has 0 saturated carbocycles. The number of hydrogen-bond acceptors (Lipinski definition) is 12. The number of hydrogen-bond donors (Lipinski definition) is 0. The molecule has 0 N–H and O–H groups in total. The Morgan fingerprint density at radius 1 is 0.692 bits per heavy atom. The maximum absolute atomic E-state index is 5.65. The maximum Gasteiger partial charge on any atom is 0.116 e. The molecule has 0 radical (unpaired) electrons. The maximum atomic E-state index is 5.65. The van der Waals surface area contributed by atoms with Crippen molar-refractivity contribution in [3.63, 3.8) is 0 Å². The number of ether oxygens (including phenoxy) is 2. The summed E-state index contributed by atoms with van der Waals surface area (Å²) in [5, 5.41) is 0. The lowest BCUT2D eigenvalue weighted by molar-refractivity contribution is 0.0605. The molecule has 0 aliphatic carbocycles. The van der Waals surface area contributed by atoms with E-state index >= 15 is 0 Å². The van der Waals surface area contributed by atoms with Crippen LogP contribution in [0.25, 0.3) is 0 Å². The van der Waals surface area contributed by atoms with Gasteiger partial charge in [0.1, 0.15) is 7.65 Å². The summed E-state index contributed by atoms with van der Waals surface area (Å²) in [5.41, 5.74) is 0. The molecule has 0 bridgehead atoms. The second-order valence-electron chi connectivity index (χ2n) is 4.47. The van der Waals surface area contributed by atoms with Crippen LogP contribution >= 0.6 is 113 Å². The van der Waals surface area contributed by atoms with E-state index in [1.807, 2.05) is 0 Å². The molecule has 0 spiro atoms. The average molecular weight is 539 g/mol. The Balaban J connectivity index is 1.49. The van der Waals surface area contributed by atoms with Gasteiger partial charge in [-0.05, 0) is 12.5 Å². The average Bonchev–Trinajstić information content (AvgIpc) is 3.19. The van der Waals surface area contributed by atoms with Crippen LogP contribution in [0.5, 0.6) is 0 Å². The Morgan fingerprint density at radius 2 is 1.12 bits per heavy atom. The Labute approximate surface area is 196 Å². The summed E-state index contributed by atoms with van der Waals surface area (Å²) in [6, 6.07) is 0. The summed E-state index contributed by atoms with van der Waals surface area (Å²) < 4.78 is 16.0. The third-order valence-corrected chi connectivity index (χ3v) is 14.9. The predicted octanol–water partition coefficient (Wildman–Crippen LogP) is 7.75. The minimum Gasteiger partial charge on any atom is -0.378 e. The molecular weight excluding hydrogens is 521 g/mol. The van der Waals surface area contributed by atoms with Gasteiger partial charge in [0.25, 0.3) is 0 Å². The molecule has 2 nitrogen and oxygen atoms in total. The molecule has 2 heterocycles. The molecule has 0 aliphatic rings. The molecule has 146 valence electrons. The molecule has 2 rings (SSSR count). The van der Waals surface area contributed by atoms with Crippen molar-refractivity contribution in [2.45, 2.75) is 18.2 Å². The zero-order valence-corrected chi connectivity index (χ0v) is 22.3. The van der Waals surface area contributed by atoms with Gasteiger partial charge >= 0.3 is 0 Å². The lowest BCUT2D eigenvalue weighted by atomic mass is 10.7. The predicted molar refractivity (Wildman–Crippen MR) is 133 cm³/mol. The number of thioether (sulfide) groups is 4. The van der Waals surface area contributed by atoms with E-state index in [0.717, 1.165) is 32.4 Å². The second-order valence-corrected chi connectivity index (χ2v) is 14.5. The molecule has 0 saturated heterocycles. The summed E-state index contributed by atoms with van der Waals surface area (Å²) in [4.78, 5) is 2.50. The highest BCUT2D eigenvalue weighted by Crippen LogP contribution is 2.39. The topological polar surface area (TPSA) is 18.5 Å². The van der Waals surface area contributed by atoms with Gasteiger partial charge in [0, 0.05) is 11.5 Å². The zero-order chi connectivity index (χ0) is 18.8. The Bertz CT molecular complexity index is 694. The van der Waals surface area contributed by atoms with Gasteiger partial charge in [-0.25, -0.2) is 0 Å². The van der Waals surface area contributed by atoms with Gasteiger partial charge in [-0.1, -0.05) is 65.8 Å². The fourth-order valence-corrected chi connectivity index (χ4v) is 13.2. The quantitative estimate of drug-likeness (QED) is 0.110. The normalized spacial score (nSPS) is 11.3. The van der Waals surface area contributed by atoms with E-state index in [0.29, 0.717) is 13.2 Å². The monoisotopic (exact) mass is 538 g/mol. The Kier molecular flexibility index (Phi) is 13.0. The third-order valence-electron chi connectivity index (χ3n) is 2.82. The highest BCUT2D eigenvalue weighted by molar-refractivity contribution is 8.05. The molecule has 0 unspecified atom stereocenters. The van der Waals surface area contributed by atoms with Crippen LogP contribution in [0.15, 0.2) is 18.2 Å². The van der Waals surface area contributed by atoms with Gasteiger partial charge in [0.2, 0.25) is 0 Å². The van der Waals surface area contributed by atoms with Crippen LogP contribution in [-0.2, 0) is 9.47 Å². The molecule has 0 atom stereocenters. The summed E-state index contributed by atoms with van der Waals surface area (Å²) in [6.07, 6.45) is 4.19. The van der Waals surface area contributed by atoms with Gasteiger partial charge in [-0.3, -0.25) is 0 Å². The van der Waals surface area contributed by atoms with E-state index in [-0.39, 0.29) is 0 Å². The number of rotatable bonds is 13. The summed E-state index contributed by atoms with van der Waals surface area (Å²) in [6.45, 7) is 2.71. The van der Waals surface area contributed by atoms with Crippen LogP contribution in [0, 0.1) is 7.65 Å². The molecule has 2 aromatic heterocycles. The molecule has 0 aliphatic heterocycles. The van der Waals surface area contributed by atoms with E-state index < -0.39 is 0 Å². The van der Waals surface area contributed by atoms with Crippen LogP contribution in [0.3, 0.4) is 0 Å². The standard InChI is InChI=1S/C14H18O2S10/c1-19-13-9(11(17)23-25-13)21-7-5-15-3-4-16-6-8-22-10-12(18)24-26-14(10)20-2/h3-8H2,1-2H3. The smallest absolute Gasteiger partial charge is 0.116 e. The van der Waals surface area contributed by atoms with Crippen LogP contribution in [0.4, 0.5) is 0 Å². The van der Waals surface area contributed by atoms with Gasteiger partial charge in [-0.2, -0.15) is 0 Å². The van der Waals surface area contributed by atoms with Gasteiger partial charge < -0.3 is 9.47 Å². The van der Waals surface area contributed by atoms with Crippen LogP contribution in [0.1, 0.15) is 0 Å². The van der Waals surface area contributed by atoms with Gasteiger partial charge in [0.05, 0.1) is 44.6 Å². The first-order chi connectivity index (χ1) is 12.7. The zero-order valence-electron chi connectivity index (χ0n) is 14.1. The van der Waals surface area contributed by atoms with Crippen LogP contribution in [-0.4, -0.2) is 50.4 Å². The molecule has 0 amide bonds. The van der Waals surface area contributed by atoms with Crippen molar-refractivity contribution < 1.29 is 9.47 Å². The van der Waals surface area contributed by atoms with E-state index in [1.54, 1.807) is 88.4 Å². The first kappa shape index (κ1) is 24.1. The van der Waals surface area contributed by atoms with Gasteiger partial charge in [0.15, 0.2) is 0 Å². The van der Waals surface area contributed by atoms with Crippen molar-refractivity contribution in [3.8, 4) is 0 Å². The highest BCUT2D eigenvalue weighted by atomic mass is 32.9. The first-order valence-corrected chi connectivity index (χ1v) is 17.0. The van der Waals surface area contributed by atoms with Crippen molar-refractivity contribution in [2.24, 2.45) is 0 Å². The van der Waals surface area contributed by atoms with Crippen molar-refractivity contribution in [3.05, 3.63) is 7.65 Å².